The van der Waals surface area contributed by atoms with Gasteiger partial charge in [-0.2, -0.15) is 0 Å². The third-order valence-electron chi connectivity index (χ3n) is 4.28. The van der Waals surface area contributed by atoms with E-state index in [4.69, 9.17) is 5.11 Å². The first-order chi connectivity index (χ1) is 12.2. The van der Waals surface area contributed by atoms with E-state index in [1.54, 1.807) is 0 Å². The summed E-state index contributed by atoms with van der Waals surface area (Å²) in [6.07, 6.45) is 21.6. The average Bonchev–Trinajstić information content (AvgIpc) is 2.59. The van der Waals surface area contributed by atoms with Gasteiger partial charge in [-0.1, -0.05) is 103 Å². The third kappa shape index (κ3) is 31.3. The average molecular weight is 357 g/mol. The number of ether oxygens (including phenoxy) is 1. The molecule has 0 aliphatic carbocycles. The zero-order valence-corrected chi connectivity index (χ0v) is 17.1. The Labute approximate surface area is 157 Å². The smallest absolute Gasteiger partial charge is 0.303 e. The van der Waals surface area contributed by atoms with E-state index in [2.05, 4.69) is 18.2 Å². The van der Waals surface area contributed by atoms with Crippen molar-refractivity contribution in [3.8, 4) is 0 Å². The van der Waals surface area contributed by atoms with Crippen LogP contribution >= 0.6 is 0 Å². The summed E-state index contributed by atoms with van der Waals surface area (Å²) in [5.74, 6) is -0.653. The Balaban J connectivity index is 0. The van der Waals surface area contributed by atoms with Crippen molar-refractivity contribution in [1.29, 1.82) is 0 Å². The van der Waals surface area contributed by atoms with Crippen molar-refractivity contribution >= 4 is 5.97 Å². The van der Waals surface area contributed by atoms with Crippen molar-refractivity contribution < 1.29 is 14.6 Å². The van der Waals surface area contributed by atoms with Gasteiger partial charge in [0.1, 0.15) is 0 Å². The summed E-state index contributed by atoms with van der Waals surface area (Å²) in [5, 5.41) is 8.52. The molecule has 0 fully saturated rings. The van der Waals surface area contributed by atoms with Crippen LogP contribution in [0.1, 0.15) is 117 Å². The highest BCUT2D eigenvalue weighted by molar-refractivity contribution is 5.66. The summed E-state index contributed by atoms with van der Waals surface area (Å²) in [7, 11) is 0. The molecular formula is C22H44O3. The van der Waals surface area contributed by atoms with Gasteiger partial charge in [0.15, 0.2) is 0 Å². The minimum atomic E-state index is -0.653. The molecule has 0 bridgehead atoms. The molecule has 3 nitrogen and oxygen atoms in total. The molecule has 0 aromatic rings. The molecule has 0 amide bonds. The Morgan fingerprint density at radius 2 is 1.12 bits per heavy atom. The SMILES string of the molecule is C=COCC.CCCCCCCCCCCCCCCCCC(=O)O. The summed E-state index contributed by atoms with van der Waals surface area (Å²) in [6, 6.07) is 0. The molecule has 0 saturated carbocycles. The first-order valence-electron chi connectivity index (χ1n) is 10.6. The van der Waals surface area contributed by atoms with Crippen molar-refractivity contribution in [2.45, 2.75) is 117 Å². The number of unbranched alkanes of at least 4 members (excludes halogenated alkanes) is 14. The molecule has 0 aliphatic rings. The number of hydrogen-bond donors (Lipinski definition) is 1. The van der Waals surface area contributed by atoms with Crippen LogP contribution in [-0.2, 0) is 9.53 Å². The lowest BCUT2D eigenvalue weighted by atomic mass is 10.0. The van der Waals surface area contributed by atoms with Crippen LogP contribution in [0.25, 0.3) is 0 Å². The maximum atomic E-state index is 10.3. The zero-order chi connectivity index (χ0) is 19.0. The topological polar surface area (TPSA) is 46.5 Å². The van der Waals surface area contributed by atoms with Gasteiger partial charge in [-0.05, 0) is 13.3 Å². The fraction of sp³-hybridized carbons (Fsp3) is 0.864. The molecule has 0 aliphatic heterocycles. The van der Waals surface area contributed by atoms with Gasteiger partial charge >= 0.3 is 5.97 Å². The minimum absolute atomic E-state index is 0.345. The number of carboxylic acid groups (broad SMARTS) is 1. The van der Waals surface area contributed by atoms with Crippen LogP contribution in [0.3, 0.4) is 0 Å². The molecule has 0 radical (unpaired) electrons. The van der Waals surface area contributed by atoms with E-state index in [0.717, 1.165) is 19.4 Å². The van der Waals surface area contributed by atoms with Crippen LogP contribution in [0.4, 0.5) is 0 Å². The molecule has 3 heteroatoms. The third-order valence-corrected chi connectivity index (χ3v) is 4.28. The van der Waals surface area contributed by atoms with Crippen molar-refractivity contribution in [2.24, 2.45) is 0 Å². The second kappa shape index (κ2) is 25.3. The van der Waals surface area contributed by atoms with Crippen LogP contribution in [0, 0.1) is 0 Å². The highest BCUT2D eigenvalue weighted by Gasteiger charge is 1.97. The molecule has 0 rings (SSSR count). The molecule has 0 atom stereocenters. The van der Waals surface area contributed by atoms with Crippen molar-refractivity contribution in [1.82, 2.24) is 0 Å². The van der Waals surface area contributed by atoms with Crippen molar-refractivity contribution in [3.05, 3.63) is 12.8 Å². The lowest BCUT2D eigenvalue weighted by molar-refractivity contribution is -0.137. The van der Waals surface area contributed by atoms with E-state index in [1.165, 1.54) is 89.7 Å². The Hall–Kier alpha value is -0.990. The molecule has 0 unspecified atom stereocenters. The van der Waals surface area contributed by atoms with Gasteiger partial charge in [0.05, 0.1) is 12.9 Å². The molecule has 0 saturated heterocycles. The molecule has 0 heterocycles. The highest BCUT2D eigenvalue weighted by atomic mass is 16.5. The summed E-state index contributed by atoms with van der Waals surface area (Å²) in [5.41, 5.74) is 0. The predicted octanol–water partition coefficient (Wildman–Crippen LogP) is 7.50. The van der Waals surface area contributed by atoms with E-state index in [9.17, 15) is 4.79 Å². The maximum Gasteiger partial charge on any atom is 0.303 e. The number of carboxylic acids is 1. The summed E-state index contributed by atoms with van der Waals surface area (Å²) in [6.45, 7) is 8.24. The van der Waals surface area contributed by atoms with Crippen molar-refractivity contribution in [3.63, 3.8) is 0 Å². The van der Waals surface area contributed by atoms with E-state index in [0.29, 0.717) is 6.42 Å². The van der Waals surface area contributed by atoms with Crippen LogP contribution in [0.15, 0.2) is 12.8 Å². The summed E-state index contributed by atoms with van der Waals surface area (Å²) in [4.78, 5) is 10.3. The number of rotatable bonds is 18. The minimum Gasteiger partial charge on any atom is -0.502 e. The molecule has 150 valence electrons. The maximum absolute atomic E-state index is 10.3. The first kappa shape index (κ1) is 26.2. The Morgan fingerprint density at radius 3 is 1.36 bits per heavy atom. The predicted molar refractivity (Wildman–Crippen MR) is 109 cm³/mol. The summed E-state index contributed by atoms with van der Waals surface area (Å²) >= 11 is 0. The Morgan fingerprint density at radius 1 is 0.760 bits per heavy atom. The number of hydrogen-bond acceptors (Lipinski definition) is 2. The Kier molecular flexibility index (Phi) is 26.5. The lowest BCUT2D eigenvalue weighted by Gasteiger charge is -2.03. The standard InChI is InChI=1S/C18H36O2.C4H8O/c1-2-3-4-5-6-7-8-9-10-11-12-13-14-15-16-17-18(19)20;1-3-5-4-2/h2-17H2,1H3,(H,19,20);3H,1,4H2,2H3. The van der Waals surface area contributed by atoms with Gasteiger partial charge in [0.25, 0.3) is 0 Å². The van der Waals surface area contributed by atoms with Gasteiger partial charge in [0, 0.05) is 6.42 Å². The number of aliphatic carboxylic acids is 1. The van der Waals surface area contributed by atoms with Crippen LogP contribution < -0.4 is 0 Å². The van der Waals surface area contributed by atoms with E-state index in [-0.39, 0.29) is 0 Å². The molecule has 0 spiro atoms. The molecule has 0 aromatic carbocycles. The molecular weight excluding hydrogens is 312 g/mol. The van der Waals surface area contributed by atoms with Crippen LogP contribution in [0.5, 0.6) is 0 Å². The molecule has 1 N–H and O–H groups in total. The zero-order valence-electron chi connectivity index (χ0n) is 17.1. The lowest BCUT2D eigenvalue weighted by Crippen LogP contribution is -1.93. The van der Waals surface area contributed by atoms with Crippen LogP contribution in [0.2, 0.25) is 0 Å². The second-order valence-corrected chi connectivity index (χ2v) is 6.72. The van der Waals surface area contributed by atoms with Gasteiger partial charge in [0.2, 0.25) is 0 Å². The fourth-order valence-corrected chi connectivity index (χ4v) is 2.77. The van der Waals surface area contributed by atoms with E-state index < -0.39 is 5.97 Å². The summed E-state index contributed by atoms with van der Waals surface area (Å²) < 4.78 is 4.60. The largest absolute Gasteiger partial charge is 0.502 e. The monoisotopic (exact) mass is 356 g/mol. The molecule has 0 aromatic heterocycles. The first-order valence-corrected chi connectivity index (χ1v) is 10.6. The Bertz CT molecular complexity index is 264. The van der Waals surface area contributed by atoms with Gasteiger partial charge < -0.3 is 9.84 Å². The highest BCUT2D eigenvalue weighted by Crippen LogP contribution is 2.13. The fourth-order valence-electron chi connectivity index (χ4n) is 2.77. The van der Waals surface area contributed by atoms with E-state index in [1.807, 2.05) is 6.92 Å². The van der Waals surface area contributed by atoms with Gasteiger partial charge in [-0.15, -0.1) is 0 Å². The normalized spacial score (nSPS) is 10.0. The van der Waals surface area contributed by atoms with Crippen LogP contribution in [-0.4, -0.2) is 17.7 Å². The number of carbonyl (C=O) groups is 1. The second-order valence-electron chi connectivity index (χ2n) is 6.72. The van der Waals surface area contributed by atoms with E-state index >= 15 is 0 Å². The van der Waals surface area contributed by atoms with Crippen molar-refractivity contribution in [2.75, 3.05) is 6.61 Å². The quantitative estimate of drug-likeness (QED) is 0.204. The van der Waals surface area contributed by atoms with Gasteiger partial charge in [-0.25, -0.2) is 0 Å². The molecule has 25 heavy (non-hydrogen) atoms. The van der Waals surface area contributed by atoms with Gasteiger partial charge in [-0.3, -0.25) is 4.79 Å².